The van der Waals surface area contributed by atoms with Gasteiger partial charge in [-0.2, -0.15) is 0 Å². The predicted octanol–water partition coefficient (Wildman–Crippen LogP) is 4.64. The second-order valence-corrected chi connectivity index (χ2v) is 10.6. The van der Waals surface area contributed by atoms with Gasteiger partial charge in [-0.25, -0.2) is 0 Å². The molecule has 0 heterocycles. The van der Waals surface area contributed by atoms with Gasteiger partial charge in [0.25, 0.3) is 5.91 Å². The SMILES string of the molecule is CCOP(=O)(OCC)C(NC(=O)COc1ccc2c(c1O)C(=O)c1ccccc1C2=O)c1ccc(OC)cc1. The lowest BCUT2D eigenvalue weighted by molar-refractivity contribution is -0.123. The minimum Gasteiger partial charge on any atom is -0.504 e. The summed E-state index contributed by atoms with van der Waals surface area (Å²) in [4.78, 5) is 38.8. The molecule has 1 unspecified atom stereocenters. The molecule has 0 aromatic heterocycles. The van der Waals surface area contributed by atoms with E-state index in [-0.39, 0.29) is 41.2 Å². The number of ketones is 2. The normalized spacial score (nSPS) is 13.3. The fourth-order valence-electron chi connectivity index (χ4n) is 4.28. The molecule has 204 valence electrons. The Labute approximate surface area is 225 Å². The van der Waals surface area contributed by atoms with E-state index in [9.17, 15) is 24.1 Å². The first-order valence-corrected chi connectivity index (χ1v) is 13.8. The number of phenols is 1. The highest BCUT2D eigenvalue weighted by Gasteiger charge is 2.38. The first-order chi connectivity index (χ1) is 18.7. The molecule has 1 aliphatic carbocycles. The van der Waals surface area contributed by atoms with Gasteiger partial charge in [-0.3, -0.25) is 18.9 Å². The Kier molecular flexibility index (Phi) is 8.50. The van der Waals surface area contributed by atoms with Crippen LogP contribution < -0.4 is 14.8 Å². The average molecular weight is 554 g/mol. The van der Waals surface area contributed by atoms with Gasteiger partial charge in [0.15, 0.2) is 35.5 Å². The molecule has 1 atom stereocenters. The number of rotatable bonds is 11. The van der Waals surface area contributed by atoms with Crippen LogP contribution in [0.25, 0.3) is 0 Å². The maximum absolute atomic E-state index is 13.6. The molecule has 2 N–H and O–H groups in total. The van der Waals surface area contributed by atoms with Crippen LogP contribution in [0.2, 0.25) is 0 Å². The molecule has 0 spiro atoms. The topological polar surface area (TPSA) is 137 Å². The molecule has 10 nitrogen and oxygen atoms in total. The van der Waals surface area contributed by atoms with Crippen molar-refractivity contribution in [3.05, 3.63) is 88.5 Å². The Morgan fingerprint density at radius 2 is 1.51 bits per heavy atom. The third kappa shape index (κ3) is 5.59. The summed E-state index contributed by atoms with van der Waals surface area (Å²) in [7, 11) is -2.35. The van der Waals surface area contributed by atoms with Gasteiger partial charge in [0, 0.05) is 16.7 Å². The molecule has 0 bridgehead atoms. The van der Waals surface area contributed by atoms with Gasteiger partial charge in [-0.05, 0) is 43.7 Å². The highest BCUT2D eigenvalue weighted by Crippen LogP contribution is 2.59. The molecule has 39 heavy (non-hydrogen) atoms. The summed E-state index contributed by atoms with van der Waals surface area (Å²) in [5, 5.41) is 13.5. The standard InChI is InChI=1S/C28H28NO9P/c1-4-37-39(34,38-5-2)28(17-10-12-18(35-3)13-11-17)29-23(30)16-36-22-15-14-21-24(27(22)33)26(32)20-9-7-6-8-19(20)25(21)31/h6-15,28,33H,4-5,16H2,1-3H3,(H,29,30). The minimum absolute atomic E-state index is 0.0435. The van der Waals surface area contributed by atoms with Crippen LogP contribution in [0.3, 0.4) is 0 Å². The maximum Gasteiger partial charge on any atom is 0.357 e. The van der Waals surface area contributed by atoms with Crippen molar-refractivity contribution >= 4 is 25.1 Å². The number of hydrogen-bond donors (Lipinski definition) is 2. The van der Waals surface area contributed by atoms with Crippen LogP contribution in [-0.4, -0.2) is 49.5 Å². The highest BCUT2D eigenvalue weighted by molar-refractivity contribution is 7.54. The third-order valence-corrected chi connectivity index (χ3v) is 8.35. The quantitative estimate of drug-likeness (QED) is 0.255. The van der Waals surface area contributed by atoms with Crippen molar-refractivity contribution in [2.75, 3.05) is 26.9 Å². The van der Waals surface area contributed by atoms with E-state index in [1.807, 2.05) is 0 Å². The van der Waals surface area contributed by atoms with Crippen molar-refractivity contribution in [3.63, 3.8) is 0 Å². The zero-order valence-electron chi connectivity index (χ0n) is 21.6. The smallest absolute Gasteiger partial charge is 0.357 e. The molecule has 0 saturated heterocycles. The number of amides is 1. The molecule has 0 saturated carbocycles. The van der Waals surface area contributed by atoms with Gasteiger partial charge in [0.2, 0.25) is 0 Å². The van der Waals surface area contributed by atoms with Gasteiger partial charge in [0.1, 0.15) is 5.75 Å². The number of carbonyl (C=O) groups excluding carboxylic acids is 3. The van der Waals surface area contributed by atoms with Crippen LogP contribution in [0.1, 0.15) is 57.0 Å². The van der Waals surface area contributed by atoms with E-state index in [1.165, 1.54) is 25.3 Å². The Morgan fingerprint density at radius 3 is 2.10 bits per heavy atom. The number of aromatic hydroxyl groups is 1. The fraction of sp³-hybridized carbons (Fsp3) is 0.250. The van der Waals surface area contributed by atoms with Gasteiger partial charge in [-0.15, -0.1) is 0 Å². The van der Waals surface area contributed by atoms with E-state index in [1.54, 1.807) is 56.3 Å². The number of ether oxygens (including phenoxy) is 2. The number of fused-ring (bicyclic) bond motifs is 2. The van der Waals surface area contributed by atoms with Crippen LogP contribution in [0, 0.1) is 0 Å². The number of methoxy groups -OCH3 is 1. The first kappa shape index (κ1) is 28.0. The third-order valence-electron chi connectivity index (χ3n) is 6.05. The van der Waals surface area contributed by atoms with Crippen LogP contribution in [0.15, 0.2) is 60.7 Å². The van der Waals surface area contributed by atoms with E-state index in [0.717, 1.165) is 0 Å². The van der Waals surface area contributed by atoms with Crippen molar-refractivity contribution in [1.29, 1.82) is 0 Å². The van der Waals surface area contributed by atoms with Crippen molar-refractivity contribution in [3.8, 4) is 17.2 Å². The van der Waals surface area contributed by atoms with Gasteiger partial charge >= 0.3 is 7.60 Å². The molecule has 1 aliphatic rings. The van der Waals surface area contributed by atoms with E-state index >= 15 is 0 Å². The first-order valence-electron chi connectivity index (χ1n) is 12.2. The second kappa shape index (κ2) is 11.8. The molecule has 1 amide bonds. The van der Waals surface area contributed by atoms with Crippen molar-refractivity contribution < 1.29 is 42.6 Å². The largest absolute Gasteiger partial charge is 0.504 e. The summed E-state index contributed by atoms with van der Waals surface area (Å²) < 4.78 is 35.3. The Morgan fingerprint density at radius 1 is 0.897 bits per heavy atom. The average Bonchev–Trinajstić information content (AvgIpc) is 2.94. The summed E-state index contributed by atoms with van der Waals surface area (Å²) in [6, 6.07) is 15.6. The zero-order valence-corrected chi connectivity index (χ0v) is 22.5. The predicted molar refractivity (Wildman–Crippen MR) is 142 cm³/mol. The van der Waals surface area contributed by atoms with E-state index in [4.69, 9.17) is 18.5 Å². The summed E-state index contributed by atoms with van der Waals surface area (Å²) in [6.07, 6.45) is 0. The van der Waals surface area contributed by atoms with Gasteiger partial charge < -0.3 is 28.9 Å². The number of phenolic OH excluding ortho intramolecular Hbond substituents is 1. The van der Waals surface area contributed by atoms with Crippen molar-refractivity contribution in [2.45, 2.75) is 19.6 Å². The molecule has 0 aliphatic heterocycles. The fourth-order valence-corrected chi connectivity index (χ4v) is 6.21. The van der Waals surface area contributed by atoms with Crippen molar-refractivity contribution in [1.82, 2.24) is 5.32 Å². The number of carbonyl (C=O) groups is 3. The van der Waals surface area contributed by atoms with Crippen LogP contribution in [0.5, 0.6) is 17.2 Å². The number of nitrogens with one attached hydrogen (secondary N) is 1. The Hall–Kier alpha value is -3.98. The Balaban J connectivity index is 1.56. The molecule has 0 radical (unpaired) electrons. The summed E-state index contributed by atoms with van der Waals surface area (Å²) in [6.45, 7) is 2.87. The van der Waals surface area contributed by atoms with E-state index in [2.05, 4.69) is 5.32 Å². The van der Waals surface area contributed by atoms with Crippen molar-refractivity contribution in [2.24, 2.45) is 0 Å². The minimum atomic E-state index is -3.86. The molecular weight excluding hydrogens is 525 g/mol. The molecular formula is C28H28NO9P. The molecule has 3 aromatic carbocycles. The van der Waals surface area contributed by atoms with Crippen LogP contribution in [-0.2, 0) is 18.4 Å². The number of benzene rings is 3. The lowest BCUT2D eigenvalue weighted by Crippen LogP contribution is -2.33. The maximum atomic E-state index is 13.6. The summed E-state index contributed by atoms with van der Waals surface area (Å²) >= 11 is 0. The zero-order chi connectivity index (χ0) is 28.2. The lowest BCUT2D eigenvalue weighted by atomic mass is 9.83. The highest BCUT2D eigenvalue weighted by atomic mass is 31.2. The molecule has 4 rings (SSSR count). The monoisotopic (exact) mass is 553 g/mol. The molecule has 11 heteroatoms. The second-order valence-electron chi connectivity index (χ2n) is 8.45. The Bertz CT molecular complexity index is 1440. The van der Waals surface area contributed by atoms with Gasteiger partial charge in [-0.1, -0.05) is 36.4 Å². The molecule has 0 fully saturated rings. The summed E-state index contributed by atoms with van der Waals surface area (Å²) in [5.74, 6) is -2.93. The van der Waals surface area contributed by atoms with E-state index < -0.39 is 43.2 Å². The number of hydrogen-bond acceptors (Lipinski definition) is 9. The van der Waals surface area contributed by atoms with Crippen LogP contribution >= 0.6 is 7.60 Å². The summed E-state index contributed by atoms with van der Waals surface area (Å²) in [5.41, 5.74) is 0.728. The van der Waals surface area contributed by atoms with Crippen LogP contribution in [0.4, 0.5) is 0 Å². The van der Waals surface area contributed by atoms with E-state index in [0.29, 0.717) is 11.3 Å². The molecule has 3 aromatic rings. The lowest BCUT2D eigenvalue weighted by Gasteiger charge is -2.27. The van der Waals surface area contributed by atoms with Gasteiger partial charge in [0.05, 0.1) is 25.9 Å².